The second-order valence-corrected chi connectivity index (χ2v) is 11.2. The van der Waals surface area contributed by atoms with Crippen LogP contribution in [0.1, 0.15) is 59.2 Å². The zero-order valence-corrected chi connectivity index (χ0v) is 24.2. The maximum absolute atomic E-state index is 13.6. The van der Waals surface area contributed by atoms with E-state index in [9.17, 15) is 18.8 Å². The highest BCUT2D eigenvalue weighted by Crippen LogP contribution is 2.29. The molecule has 2 saturated heterocycles. The van der Waals surface area contributed by atoms with Crippen molar-refractivity contribution in [2.24, 2.45) is 0 Å². The average Bonchev–Trinajstić information content (AvgIpc) is 3.49. The second-order valence-electron chi connectivity index (χ2n) is 11.2. The predicted octanol–water partition coefficient (Wildman–Crippen LogP) is 3.12. The molecule has 1 aliphatic carbocycles. The minimum atomic E-state index is -0.757. The Morgan fingerprint density at radius 2 is 1.69 bits per heavy atom. The number of amides is 4. The molecule has 6 rings (SSSR count). The number of carbonyl (C=O) groups is 3. The molecule has 3 fully saturated rings. The van der Waals surface area contributed by atoms with Gasteiger partial charge in [0.2, 0.25) is 0 Å². The van der Waals surface area contributed by atoms with Gasteiger partial charge in [-0.15, -0.1) is 0 Å². The van der Waals surface area contributed by atoms with Crippen LogP contribution >= 0.6 is 0 Å². The normalized spacial score (nSPS) is 21.1. The number of nitrogens with zero attached hydrogens (tertiary/aromatic N) is 3. The van der Waals surface area contributed by atoms with E-state index < -0.39 is 17.9 Å². The molecule has 1 unspecified atom stereocenters. The SMILES string of the molecule is COc1ccc2c(c1F)C(=O)N(C)C2.O=C1NC(=O)C(C#Cc2ccc(CN3CCN(C4CCCCC4)CC3)cc2)N1. The minimum Gasteiger partial charge on any atom is -0.494 e. The van der Waals surface area contributed by atoms with Crippen LogP contribution in [0.3, 0.4) is 0 Å². The first-order chi connectivity index (χ1) is 20.3. The molecular weight excluding hydrogens is 537 g/mol. The van der Waals surface area contributed by atoms with Crippen molar-refractivity contribution in [1.29, 1.82) is 0 Å². The summed E-state index contributed by atoms with van der Waals surface area (Å²) >= 11 is 0. The fourth-order valence-corrected chi connectivity index (χ4v) is 5.99. The first-order valence-corrected chi connectivity index (χ1v) is 14.6. The molecule has 0 aromatic heterocycles. The first kappa shape index (κ1) is 29.5. The number of ether oxygens (including phenoxy) is 1. The van der Waals surface area contributed by atoms with Crippen LogP contribution < -0.4 is 15.4 Å². The van der Waals surface area contributed by atoms with Gasteiger partial charge in [0.1, 0.15) is 0 Å². The highest BCUT2D eigenvalue weighted by molar-refractivity contribution is 6.05. The van der Waals surface area contributed by atoms with Crippen molar-refractivity contribution in [3.63, 3.8) is 0 Å². The Bertz CT molecular complexity index is 1370. The average molecular weight is 576 g/mol. The second kappa shape index (κ2) is 13.4. The third kappa shape index (κ3) is 6.92. The Labute approximate surface area is 246 Å². The fourth-order valence-electron chi connectivity index (χ4n) is 5.99. The van der Waals surface area contributed by atoms with E-state index in [1.54, 1.807) is 19.2 Å². The number of benzene rings is 2. The summed E-state index contributed by atoms with van der Waals surface area (Å²) in [4.78, 5) is 40.8. The van der Waals surface area contributed by atoms with Crippen LogP contribution in [0.15, 0.2) is 36.4 Å². The van der Waals surface area contributed by atoms with Crippen molar-refractivity contribution < 1.29 is 23.5 Å². The van der Waals surface area contributed by atoms with Gasteiger partial charge in [-0.2, -0.15) is 0 Å². The van der Waals surface area contributed by atoms with E-state index in [1.165, 1.54) is 62.8 Å². The molecule has 1 saturated carbocycles. The van der Waals surface area contributed by atoms with Crippen LogP contribution in [0.2, 0.25) is 0 Å². The smallest absolute Gasteiger partial charge is 0.322 e. The van der Waals surface area contributed by atoms with Crippen molar-refractivity contribution in [2.75, 3.05) is 40.3 Å². The topological polar surface area (TPSA) is 94.2 Å². The van der Waals surface area contributed by atoms with Gasteiger partial charge < -0.3 is 15.0 Å². The van der Waals surface area contributed by atoms with Crippen molar-refractivity contribution in [3.05, 3.63) is 64.5 Å². The Balaban J connectivity index is 0.000000211. The summed E-state index contributed by atoms with van der Waals surface area (Å²) in [6, 6.07) is 11.0. The molecule has 222 valence electrons. The number of nitrogens with one attached hydrogen (secondary N) is 2. The molecule has 2 aromatic carbocycles. The molecule has 0 bridgehead atoms. The number of hydrogen-bond donors (Lipinski definition) is 2. The number of fused-ring (bicyclic) bond motifs is 1. The third-order valence-corrected chi connectivity index (χ3v) is 8.37. The molecule has 2 N–H and O–H groups in total. The van der Waals surface area contributed by atoms with Crippen molar-refractivity contribution in [2.45, 2.75) is 57.3 Å². The van der Waals surface area contributed by atoms with E-state index in [-0.39, 0.29) is 23.1 Å². The lowest BCUT2D eigenvalue weighted by Gasteiger charge is -2.40. The maximum atomic E-state index is 13.6. The monoisotopic (exact) mass is 575 g/mol. The Morgan fingerprint density at radius 3 is 2.33 bits per heavy atom. The van der Waals surface area contributed by atoms with E-state index in [4.69, 9.17) is 4.74 Å². The van der Waals surface area contributed by atoms with Crippen LogP contribution in [0.5, 0.6) is 5.75 Å². The van der Waals surface area contributed by atoms with E-state index in [1.807, 2.05) is 12.1 Å². The third-order valence-electron chi connectivity index (χ3n) is 8.37. The molecule has 4 amide bonds. The van der Waals surface area contributed by atoms with Crippen molar-refractivity contribution in [1.82, 2.24) is 25.3 Å². The number of carbonyl (C=O) groups excluding carboxylic acids is 3. The number of piperazine rings is 1. The molecule has 1 atom stereocenters. The summed E-state index contributed by atoms with van der Waals surface area (Å²) in [5.74, 6) is 4.66. The Hall–Kier alpha value is -3.94. The molecule has 0 spiro atoms. The zero-order valence-electron chi connectivity index (χ0n) is 24.2. The summed E-state index contributed by atoms with van der Waals surface area (Å²) < 4.78 is 18.4. The highest BCUT2D eigenvalue weighted by Gasteiger charge is 2.30. The molecule has 42 heavy (non-hydrogen) atoms. The molecule has 10 heteroatoms. The molecule has 2 aromatic rings. The lowest BCUT2D eigenvalue weighted by atomic mass is 9.94. The standard InChI is InChI=1S/C22H28N4O2.C10H10FNO2/c27-21-20(23-22(28)24-21)11-10-17-6-8-18(9-7-17)16-25-12-14-26(15-13-25)19-4-2-1-3-5-19;1-12-5-6-3-4-7(14-2)9(11)8(6)10(12)13/h6-9,19-20H,1-5,12-16H2,(H2,23,24,27,28);3-4H,5H2,1-2H3. The molecule has 3 aliphatic heterocycles. The van der Waals surface area contributed by atoms with E-state index >= 15 is 0 Å². The zero-order chi connectivity index (χ0) is 29.6. The molecular formula is C32H38FN5O4. The quantitative estimate of drug-likeness (QED) is 0.430. The summed E-state index contributed by atoms with van der Waals surface area (Å²) in [5.41, 5.74) is 2.99. The highest BCUT2D eigenvalue weighted by atomic mass is 19.1. The van der Waals surface area contributed by atoms with Gasteiger partial charge in [0.05, 0.1) is 12.7 Å². The lowest BCUT2D eigenvalue weighted by molar-refractivity contribution is -0.119. The fraction of sp³-hybridized carbons (Fsp3) is 0.469. The lowest BCUT2D eigenvalue weighted by Crippen LogP contribution is -2.50. The Kier molecular flexibility index (Phi) is 9.40. The van der Waals surface area contributed by atoms with Gasteiger partial charge in [-0.25, -0.2) is 9.18 Å². The largest absolute Gasteiger partial charge is 0.494 e. The van der Waals surface area contributed by atoms with Crippen molar-refractivity contribution in [3.8, 4) is 17.6 Å². The molecule has 9 nitrogen and oxygen atoms in total. The van der Waals surface area contributed by atoms with Gasteiger partial charge in [-0.1, -0.05) is 49.3 Å². The minimum absolute atomic E-state index is 0.118. The van der Waals surface area contributed by atoms with Gasteiger partial charge >= 0.3 is 6.03 Å². The molecule has 3 heterocycles. The van der Waals surface area contributed by atoms with Crippen LogP contribution in [0, 0.1) is 17.7 Å². The number of imide groups is 1. The number of hydrogen-bond acceptors (Lipinski definition) is 6. The number of halogens is 1. The van der Waals surface area contributed by atoms with Crippen LogP contribution in [0.4, 0.5) is 9.18 Å². The van der Waals surface area contributed by atoms with Gasteiger partial charge in [0.25, 0.3) is 11.8 Å². The van der Waals surface area contributed by atoms with E-state index in [2.05, 4.69) is 44.4 Å². The summed E-state index contributed by atoms with van der Waals surface area (Å²) in [5, 5.41) is 4.66. The van der Waals surface area contributed by atoms with Gasteiger partial charge in [-0.3, -0.25) is 24.7 Å². The predicted molar refractivity (Wildman–Crippen MR) is 156 cm³/mol. The molecule has 0 radical (unpaired) electrons. The van der Waals surface area contributed by atoms with Gasteiger partial charge in [-0.05, 0) is 42.2 Å². The summed E-state index contributed by atoms with van der Waals surface area (Å²) in [7, 11) is 3.03. The molecule has 4 aliphatic rings. The van der Waals surface area contributed by atoms with Gasteiger partial charge in [0.15, 0.2) is 17.6 Å². The van der Waals surface area contributed by atoms with Crippen LogP contribution in [-0.2, 0) is 17.9 Å². The number of rotatable bonds is 4. The van der Waals surface area contributed by atoms with Crippen molar-refractivity contribution >= 4 is 17.8 Å². The van der Waals surface area contributed by atoms with E-state index in [0.29, 0.717) is 6.54 Å². The Morgan fingerprint density at radius 1 is 0.976 bits per heavy atom. The van der Waals surface area contributed by atoms with Crippen LogP contribution in [-0.4, -0.2) is 85.0 Å². The number of methoxy groups -OCH3 is 1. The number of urea groups is 1. The van der Waals surface area contributed by atoms with Gasteiger partial charge in [0, 0.05) is 57.9 Å². The van der Waals surface area contributed by atoms with E-state index in [0.717, 1.165) is 36.8 Å². The summed E-state index contributed by atoms with van der Waals surface area (Å²) in [6.45, 7) is 6.07. The maximum Gasteiger partial charge on any atom is 0.322 e. The first-order valence-electron chi connectivity index (χ1n) is 14.6. The van der Waals surface area contributed by atoms with Crippen LogP contribution in [0.25, 0.3) is 0 Å². The summed E-state index contributed by atoms with van der Waals surface area (Å²) in [6.07, 6.45) is 6.98.